The quantitative estimate of drug-likeness (QED) is 0.778. The molecule has 2 rings (SSSR count). The van der Waals surface area contributed by atoms with Gasteiger partial charge in [-0.25, -0.2) is 0 Å². The Balaban J connectivity index is 1.66. The van der Waals surface area contributed by atoms with Crippen molar-refractivity contribution in [2.75, 3.05) is 33.3 Å². The lowest BCUT2D eigenvalue weighted by molar-refractivity contribution is -0.144. The summed E-state index contributed by atoms with van der Waals surface area (Å²) < 4.78 is 5.86. The van der Waals surface area contributed by atoms with E-state index in [1.807, 2.05) is 0 Å². The lowest BCUT2D eigenvalue weighted by atomic mass is 9.97. The SMILES string of the molecule is CN1CCCCC1CCOC1CNCC(C(=O)O)C1. The molecule has 2 aliphatic rings. The molecule has 0 bridgehead atoms. The highest BCUT2D eigenvalue weighted by Gasteiger charge is 2.27. The fraction of sp³-hybridized carbons (Fsp3) is 0.929. The average molecular weight is 270 g/mol. The van der Waals surface area contributed by atoms with Crippen LogP contribution in [0.4, 0.5) is 0 Å². The molecule has 0 aliphatic carbocycles. The summed E-state index contributed by atoms with van der Waals surface area (Å²) in [5, 5.41) is 12.2. The summed E-state index contributed by atoms with van der Waals surface area (Å²) in [6.45, 7) is 3.29. The summed E-state index contributed by atoms with van der Waals surface area (Å²) >= 11 is 0. The summed E-state index contributed by atoms with van der Waals surface area (Å²) in [5.41, 5.74) is 0. The van der Waals surface area contributed by atoms with Gasteiger partial charge in [-0.1, -0.05) is 6.42 Å². The predicted molar refractivity (Wildman–Crippen MR) is 73.2 cm³/mol. The van der Waals surface area contributed by atoms with Gasteiger partial charge in [0.1, 0.15) is 0 Å². The fourth-order valence-electron chi connectivity index (χ4n) is 3.10. The number of piperidine rings is 2. The molecule has 2 N–H and O–H groups in total. The van der Waals surface area contributed by atoms with Crippen LogP contribution in [-0.4, -0.2) is 61.4 Å². The number of ether oxygens (including phenoxy) is 1. The molecule has 2 aliphatic heterocycles. The molecule has 0 spiro atoms. The first kappa shape index (κ1) is 14.8. The molecule has 5 heteroatoms. The van der Waals surface area contributed by atoms with Crippen LogP contribution < -0.4 is 5.32 Å². The minimum absolute atomic E-state index is 0.0590. The smallest absolute Gasteiger partial charge is 0.307 e. The van der Waals surface area contributed by atoms with Gasteiger partial charge in [0.05, 0.1) is 12.0 Å². The number of hydrogen-bond acceptors (Lipinski definition) is 4. The summed E-state index contributed by atoms with van der Waals surface area (Å²) in [5.74, 6) is -1.01. The number of aliphatic carboxylic acids is 1. The first-order valence-electron chi connectivity index (χ1n) is 7.42. The molecular formula is C14H26N2O3. The van der Waals surface area contributed by atoms with Gasteiger partial charge in [-0.15, -0.1) is 0 Å². The van der Waals surface area contributed by atoms with Crippen molar-refractivity contribution in [1.29, 1.82) is 0 Å². The second-order valence-corrected chi connectivity index (χ2v) is 5.84. The van der Waals surface area contributed by atoms with Gasteiger partial charge in [0.2, 0.25) is 0 Å². The molecule has 3 atom stereocenters. The van der Waals surface area contributed by atoms with Crippen molar-refractivity contribution in [3.63, 3.8) is 0 Å². The number of rotatable bonds is 5. The number of nitrogens with zero attached hydrogens (tertiary/aromatic N) is 1. The molecule has 0 aromatic carbocycles. The van der Waals surface area contributed by atoms with Crippen LogP contribution >= 0.6 is 0 Å². The summed E-state index contributed by atoms with van der Waals surface area (Å²) in [6, 6.07) is 0.639. The lowest BCUT2D eigenvalue weighted by Crippen LogP contribution is -2.44. The largest absolute Gasteiger partial charge is 0.481 e. The number of nitrogens with one attached hydrogen (secondary N) is 1. The molecule has 0 aromatic heterocycles. The molecule has 0 amide bonds. The van der Waals surface area contributed by atoms with Crippen LogP contribution in [0.25, 0.3) is 0 Å². The molecule has 2 fully saturated rings. The summed E-state index contributed by atoms with van der Waals surface area (Å²) in [7, 11) is 2.19. The van der Waals surface area contributed by atoms with Gasteiger partial charge in [-0.2, -0.15) is 0 Å². The van der Waals surface area contributed by atoms with Crippen LogP contribution in [0.5, 0.6) is 0 Å². The normalized spacial score (nSPS) is 33.2. The number of carbonyl (C=O) groups is 1. The third kappa shape index (κ3) is 4.44. The van der Waals surface area contributed by atoms with Crippen LogP contribution in [0.2, 0.25) is 0 Å². The second-order valence-electron chi connectivity index (χ2n) is 5.84. The zero-order chi connectivity index (χ0) is 13.7. The van der Waals surface area contributed by atoms with Crippen molar-refractivity contribution in [2.45, 2.75) is 44.2 Å². The van der Waals surface area contributed by atoms with Crippen molar-refractivity contribution >= 4 is 5.97 Å². The first-order valence-corrected chi connectivity index (χ1v) is 7.42. The first-order chi connectivity index (χ1) is 9.16. The minimum Gasteiger partial charge on any atom is -0.481 e. The van der Waals surface area contributed by atoms with Crippen LogP contribution in [0.1, 0.15) is 32.1 Å². The lowest BCUT2D eigenvalue weighted by Gasteiger charge is -2.33. The van der Waals surface area contributed by atoms with E-state index in [1.54, 1.807) is 0 Å². The van der Waals surface area contributed by atoms with Crippen LogP contribution in [0.3, 0.4) is 0 Å². The molecular weight excluding hydrogens is 244 g/mol. The van der Waals surface area contributed by atoms with Crippen molar-refractivity contribution in [2.24, 2.45) is 5.92 Å². The Labute approximate surface area is 115 Å². The summed E-state index contributed by atoms with van der Waals surface area (Å²) in [4.78, 5) is 13.4. The number of likely N-dealkylation sites (tertiary alicyclic amines) is 1. The number of carboxylic acids is 1. The maximum atomic E-state index is 11.0. The van der Waals surface area contributed by atoms with E-state index in [9.17, 15) is 4.79 Å². The molecule has 2 heterocycles. The topological polar surface area (TPSA) is 61.8 Å². The standard InChI is InChI=1S/C14H26N2O3/c1-16-6-3-2-4-12(16)5-7-19-13-8-11(14(17)18)9-15-10-13/h11-13,15H,2-10H2,1H3,(H,17,18). The van der Waals surface area contributed by atoms with Crippen LogP contribution in [-0.2, 0) is 9.53 Å². The zero-order valence-corrected chi connectivity index (χ0v) is 11.8. The number of hydrogen-bond donors (Lipinski definition) is 2. The van der Waals surface area contributed by atoms with Crippen LogP contribution in [0, 0.1) is 5.92 Å². The predicted octanol–water partition coefficient (Wildman–Crippen LogP) is 0.940. The van der Waals surface area contributed by atoms with Gasteiger partial charge in [0.25, 0.3) is 0 Å². The van der Waals surface area contributed by atoms with E-state index in [-0.39, 0.29) is 12.0 Å². The van der Waals surface area contributed by atoms with E-state index in [0.29, 0.717) is 19.0 Å². The molecule has 3 unspecified atom stereocenters. The second kappa shape index (κ2) is 7.22. The summed E-state index contributed by atoms with van der Waals surface area (Å²) in [6.07, 6.45) is 5.65. The van der Waals surface area contributed by atoms with Gasteiger partial charge in [0, 0.05) is 25.7 Å². The molecule has 0 saturated carbocycles. The van der Waals surface area contributed by atoms with Crippen molar-refractivity contribution in [3.05, 3.63) is 0 Å². The monoisotopic (exact) mass is 270 g/mol. The maximum absolute atomic E-state index is 11.0. The average Bonchev–Trinajstić information content (AvgIpc) is 2.41. The van der Waals surface area contributed by atoms with E-state index in [0.717, 1.165) is 19.6 Å². The third-order valence-electron chi connectivity index (χ3n) is 4.39. The Hall–Kier alpha value is -0.650. The highest BCUT2D eigenvalue weighted by molar-refractivity contribution is 5.70. The van der Waals surface area contributed by atoms with Gasteiger partial charge < -0.3 is 20.1 Å². The van der Waals surface area contributed by atoms with Crippen LogP contribution in [0.15, 0.2) is 0 Å². The maximum Gasteiger partial charge on any atom is 0.307 e. The van der Waals surface area contributed by atoms with Crippen molar-refractivity contribution in [1.82, 2.24) is 10.2 Å². The van der Waals surface area contributed by atoms with Gasteiger partial charge in [-0.05, 0) is 39.3 Å². The van der Waals surface area contributed by atoms with E-state index in [4.69, 9.17) is 9.84 Å². The highest BCUT2D eigenvalue weighted by Crippen LogP contribution is 2.19. The third-order valence-corrected chi connectivity index (χ3v) is 4.39. The minimum atomic E-state index is -0.715. The van der Waals surface area contributed by atoms with Gasteiger partial charge in [-0.3, -0.25) is 4.79 Å². The Morgan fingerprint density at radius 3 is 3.00 bits per heavy atom. The fourth-order valence-corrected chi connectivity index (χ4v) is 3.10. The van der Waals surface area contributed by atoms with E-state index in [2.05, 4.69) is 17.3 Å². The molecule has 5 nitrogen and oxygen atoms in total. The molecule has 0 aromatic rings. The molecule has 0 radical (unpaired) electrons. The van der Waals surface area contributed by atoms with E-state index in [1.165, 1.54) is 25.8 Å². The number of carboxylic acid groups (broad SMARTS) is 1. The van der Waals surface area contributed by atoms with Gasteiger partial charge >= 0.3 is 5.97 Å². The van der Waals surface area contributed by atoms with Crippen molar-refractivity contribution < 1.29 is 14.6 Å². The van der Waals surface area contributed by atoms with Crippen molar-refractivity contribution in [3.8, 4) is 0 Å². The van der Waals surface area contributed by atoms with Gasteiger partial charge in [0.15, 0.2) is 0 Å². The van der Waals surface area contributed by atoms with E-state index >= 15 is 0 Å². The highest BCUT2D eigenvalue weighted by atomic mass is 16.5. The van der Waals surface area contributed by atoms with E-state index < -0.39 is 5.97 Å². The Morgan fingerprint density at radius 1 is 1.42 bits per heavy atom. The Bertz CT molecular complexity index is 298. The molecule has 2 saturated heterocycles. The molecule has 110 valence electrons. The molecule has 19 heavy (non-hydrogen) atoms. The Morgan fingerprint density at radius 2 is 2.26 bits per heavy atom. The zero-order valence-electron chi connectivity index (χ0n) is 11.8. The Kier molecular flexibility index (Phi) is 5.60.